The van der Waals surface area contributed by atoms with Crippen molar-refractivity contribution in [1.82, 2.24) is 0 Å². The van der Waals surface area contributed by atoms with Gasteiger partial charge in [-0.05, 0) is 24.6 Å². The summed E-state index contributed by atoms with van der Waals surface area (Å²) in [6, 6.07) is 7.91. The Morgan fingerprint density at radius 3 is 2.52 bits per heavy atom. The maximum absolute atomic E-state index is 11.9. The molecule has 9 nitrogen and oxygen atoms in total. The zero-order chi connectivity index (χ0) is 18.6. The number of benzene rings is 2. The summed E-state index contributed by atoms with van der Waals surface area (Å²) in [5.74, 6) is -0.729. The van der Waals surface area contributed by atoms with Gasteiger partial charge in [0.1, 0.15) is 0 Å². The van der Waals surface area contributed by atoms with Crippen molar-refractivity contribution in [3.63, 3.8) is 0 Å². The molecule has 2 rings (SSSR count). The van der Waals surface area contributed by atoms with E-state index in [-0.39, 0.29) is 27.8 Å². The van der Waals surface area contributed by atoms with Gasteiger partial charge in [0, 0.05) is 18.2 Å². The molecule has 0 aromatic heterocycles. The van der Waals surface area contributed by atoms with Crippen LogP contribution in [0.2, 0.25) is 5.02 Å². The lowest BCUT2D eigenvalue weighted by atomic mass is 10.2. The van der Waals surface area contributed by atoms with Crippen LogP contribution in [-0.2, 0) is 4.79 Å². The van der Waals surface area contributed by atoms with Crippen molar-refractivity contribution >= 4 is 34.6 Å². The van der Waals surface area contributed by atoms with Gasteiger partial charge < -0.3 is 10.1 Å². The van der Waals surface area contributed by atoms with Crippen LogP contribution in [-0.4, -0.2) is 22.4 Å². The quantitative estimate of drug-likeness (QED) is 0.617. The number of nitro groups is 2. The van der Waals surface area contributed by atoms with Gasteiger partial charge in [0.25, 0.3) is 11.6 Å². The third-order valence-corrected chi connectivity index (χ3v) is 3.43. The second-order valence-electron chi connectivity index (χ2n) is 4.99. The lowest BCUT2D eigenvalue weighted by Gasteiger charge is -2.09. The molecule has 0 fully saturated rings. The van der Waals surface area contributed by atoms with Crippen LogP contribution in [0.15, 0.2) is 36.4 Å². The molecule has 0 heterocycles. The van der Waals surface area contributed by atoms with Gasteiger partial charge in [-0.2, -0.15) is 0 Å². The molecule has 2 aromatic rings. The Kier molecular flexibility index (Phi) is 5.50. The summed E-state index contributed by atoms with van der Waals surface area (Å²) in [7, 11) is 0. The van der Waals surface area contributed by atoms with E-state index in [1.807, 2.05) is 0 Å². The van der Waals surface area contributed by atoms with Crippen LogP contribution in [0.25, 0.3) is 0 Å². The number of rotatable bonds is 6. The first-order valence-corrected chi connectivity index (χ1v) is 7.27. The summed E-state index contributed by atoms with van der Waals surface area (Å²) in [6.07, 6.45) is 0. The fourth-order valence-electron chi connectivity index (χ4n) is 1.94. The minimum Gasteiger partial charge on any atom is -0.477 e. The number of anilines is 1. The number of carbonyl (C=O) groups is 1. The normalized spacial score (nSPS) is 10.2. The fourth-order valence-corrected chi connectivity index (χ4v) is 2.11. The molecule has 0 bridgehead atoms. The highest BCUT2D eigenvalue weighted by atomic mass is 35.5. The molecular formula is C15H12ClN3O6. The van der Waals surface area contributed by atoms with Gasteiger partial charge in [-0.25, -0.2) is 0 Å². The van der Waals surface area contributed by atoms with Crippen molar-refractivity contribution in [1.29, 1.82) is 0 Å². The Morgan fingerprint density at radius 2 is 1.88 bits per heavy atom. The minimum absolute atomic E-state index is 0.0443. The first-order chi connectivity index (χ1) is 11.8. The van der Waals surface area contributed by atoms with E-state index in [0.29, 0.717) is 5.56 Å². The molecule has 0 aliphatic rings. The number of hydrogen-bond donors (Lipinski definition) is 1. The Bertz CT molecular complexity index is 855. The highest BCUT2D eigenvalue weighted by Gasteiger charge is 2.17. The Labute approximate surface area is 146 Å². The van der Waals surface area contributed by atoms with Crippen molar-refractivity contribution in [2.24, 2.45) is 0 Å². The van der Waals surface area contributed by atoms with E-state index in [0.717, 1.165) is 6.07 Å². The van der Waals surface area contributed by atoms with Crippen molar-refractivity contribution in [3.05, 3.63) is 67.2 Å². The van der Waals surface area contributed by atoms with Gasteiger partial charge in [0.2, 0.25) is 0 Å². The number of nitrogens with one attached hydrogen (secondary N) is 1. The van der Waals surface area contributed by atoms with E-state index in [1.54, 1.807) is 13.0 Å². The highest BCUT2D eigenvalue weighted by molar-refractivity contribution is 6.33. The summed E-state index contributed by atoms with van der Waals surface area (Å²) < 4.78 is 5.17. The van der Waals surface area contributed by atoms with Gasteiger partial charge >= 0.3 is 5.69 Å². The average molecular weight is 366 g/mol. The molecule has 0 radical (unpaired) electrons. The van der Waals surface area contributed by atoms with Gasteiger partial charge in [0.05, 0.1) is 20.6 Å². The molecule has 2 aromatic carbocycles. The zero-order valence-corrected chi connectivity index (χ0v) is 13.6. The lowest BCUT2D eigenvalue weighted by Crippen LogP contribution is -2.20. The molecule has 0 atom stereocenters. The van der Waals surface area contributed by atoms with Crippen LogP contribution in [0.1, 0.15) is 5.56 Å². The largest absolute Gasteiger partial charge is 0.477 e. The number of halogens is 1. The average Bonchev–Trinajstić information content (AvgIpc) is 2.55. The molecular weight excluding hydrogens is 354 g/mol. The summed E-state index contributed by atoms with van der Waals surface area (Å²) in [4.78, 5) is 32.4. The van der Waals surface area contributed by atoms with E-state index in [1.165, 1.54) is 24.3 Å². The predicted molar refractivity (Wildman–Crippen MR) is 90.1 cm³/mol. The molecule has 25 heavy (non-hydrogen) atoms. The third kappa shape index (κ3) is 4.64. The van der Waals surface area contributed by atoms with Crippen LogP contribution in [0.3, 0.4) is 0 Å². The molecule has 0 saturated carbocycles. The molecule has 0 saturated heterocycles. The number of hydrogen-bond acceptors (Lipinski definition) is 6. The molecule has 0 spiro atoms. The van der Waals surface area contributed by atoms with Gasteiger partial charge in [-0.3, -0.25) is 25.0 Å². The summed E-state index contributed by atoms with van der Waals surface area (Å²) in [6.45, 7) is 1.16. The topological polar surface area (TPSA) is 125 Å². The number of carbonyl (C=O) groups excluding carboxylic acids is 1. The van der Waals surface area contributed by atoms with E-state index >= 15 is 0 Å². The number of aryl methyl sites for hydroxylation is 1. The van der Waals surface area contributed by atoms with Crippen LogP contribution < -0.4 is 10.1 Å². The molecule has 0 aliphatic heterocycles. The first kappa shape index (κ1) is 18.1. The number of nitro benzene ring substituents is 2. The summed E-state index contributed by atoms with van der Waals surface area (Å²) in [5.41, 5.74) is 0.214. The fraction of sp³-hybridized carbons (Fsp3) is 0.133. The maximum atomic E-state index is 11.9. The van der Waals surface area contributed by atoms with Crippen LogP contribution in [0, 0.1) is 27.2 Å². The number of nitrogens with zero attached hydrogens (tertiary/aromatic N) is 2. The van der Waals surface area contributed by atoms with E-state index in [9.17, 15) is 25.0 Å². The lowest BCUT2D eigenvalue weighted by molar-refractivity contribution is -0.385. The Balaban J connectivity index is 2.08. The van der Waals surface area contributed by atoms with Gasteiger partial charge in [-0.1, -0.05) is 17.7 Å². The van der Waals surface area contributed by atoms with Gasteiger partial charge in [-0.15, -0.1) is 0 Å². The van der Waals surface area contributed by atoms with Crippen molar-refractivity contribution in [2.45, 2.75) is 6.92 Å². The molecule has 10 heteroatoms. The minimum atomic E-state index is -0.669. The summed E-state index contributed by atoms with van der Waals surface area (Å²) in [5, 5.41) is 24.2. The SMILES string of the molecule is Cc1ccc(OCC(=O)Nc2cc([N+](=O)[O-])ccc2Cl)c([N+](=O)[O-])c1. The molecule has 1 N–H and O–H groups in total. The second-order valence-corrected chi connectivity index (χ2v) is 5.39. The standard InChI is InChI=1S/C15H12ClN3O6/c1-9-2-5-14(13(6-9)19(23)24)25-8-15(20)17-12-7-10(18(21)22)3-4-11(12)16/h2-7H,8H2,1H3,(H,17,20). The molecule has 0 aliphatic carbocycles. The van der Waals surface area contributed by atoms with Crippen molar-refractivity contribution < 1.29 is 19.4 Å². The zero-order valence-electron chi connectivity index (χ0n) is 12.9. The second kappa shape index (κ2) is 7.58. The number of ether oxygens (including phenoxy) is 1. The maximum Gasteiger partial charge on any atom is 0.311 e. The van der Waals surface area contributed by atoms with E-state index in [2.05, 4.69) is 5.32 Å². The van der Waals surface area contributed by atoms with Crippen LogP contribution in [0.5, 0.6) is 5.75 Å². The van der Waals surface area contributed by atoms with E-state index < -0.39 is 22.4 Å². The third-order valence-electron chi connectivity index (χ3n) is 3.10. The molecule has 130 valence electrons. The highest BCUT2D eigenvalue weighted by Crippen LogP contribution is 2.28. The van der Waals surface area contributed by atoms with Crippen molar-refractivity contribution in [2.75, 3.05) is 11.9 Å². The monoisotopic (exact) mass is 365 g/mol. The number of non-ortho nitro benzene ring substituents is 1. The first-order valence-electron chi connectivity index (χ1n) is 6.89. The van der Waals surface area contributed by atoms with Crippen LogP contribution in [0.4, 0.5) is 17.1 Å². The van der Waals surface area contributed by atoms with Crippen molar-refractivity contribution in [3.8, 4) is 5.75 Å². The Morgan fingerprint density at radius 1 is 1.16 bits per heavy atom. The predicted octanol–water partition coefficient (Wildman–Crippen LogP) is 3.48. The number of amides is 1. The van der Waals surface area contributed by atoms with Gasteiger partial charge in [0.15, 0.2) is 12.4 Å². The summed E-state index contributed by atoms with van der Waals surface area (Å²) >= 11 is 5.88. The molecule has 0 unspecified atom stereocenters. The van der Waals surface area contributed by atoms with E-state index in [4.69, 9.17) is 16.3 Å². The Hall–Kier alpha value is -3.20. The van der Waals surface area contributed by atoms with Crippen LogP contribution >= 0.6 is 11.6 Å². The smallest absolute Gasteiger partial charge is 0.311 e. The molecule has 1 amide bonds.